The summed E-state index contributed by atoms with van der Waals surface area (Å²) >= 11 is 2.81. The maximum absolute atomic E-state index is 13.6. The lowest BCUT2D eigenvalue weighted by Gasteiger charge is -2.11. The lowest BCUT2D eigenvalue weighted by Crippen LogP contribution is -2.15. The molecule has 0 unspecified atom stereocenters. The average Bonchev–Trinajstić information content (AvgIpc) is 3.08. The van der Waals surface area contributed by atoms with Crippen molar-refractivity contribution >= 4 is 21.8 Å². The van der Waals surface area contributed by atoms with Gasteiger partial charge in [0.05, 0.1) is 16.6 Å². The third-order valence-electron chi connectivity index (χ3n) is 2.54. The van der Waals surface area contributed by atoms with Gasteiger partial charge >= 0.3 is 0 Å². The van der Waals surface area contributed by atoms with Crippen molar-refractivity contribution in [3.8, 4) is 5.75 Å². The van der Waals surface area contributed by atoms with Crippen molar-refractivity contribution < 1.29 is 18.3 Å². The first-order valence-electron chi connectivity index (χ1n) is 5.10. The normalized spacial score (nSPS) is 14.8. The Bertz CT molecular complexity index is 475. The van der Waals surface area contributed by atoms with E-state index in [1.54, 1.807) is 0 Å². The van der Waals surface area contributed by atoms with Crippen LogP contribution in [0.3, 0.4) is 0 Å². The molecular weight excluding hydrogens is 296 g/mol. The van der Waals surface area contributed by atoms with Crippen LogP contribution < -0.4 is 10.5 Å². The highest BCUT2D eigenvalue weighted by Gasteiger charge is 2.26. The molecule has 1 saturated carbocycles. The standard InChI is InChI=1S/C11H10BrF2NO2/c12-7-3-6(11(15)16)10(9(14)8(7)13)17-4-5-1-2-5/h3,5H,1-2,4H2,(H2,15,16). The second-order valence-electron chi connectivity index (χ2n) is 3.98. The molecule has 92 valence electrons. The molecule has 1 aromatic rings. The summed E-state index contributed by atoms with van der Waals surface area (Å²) in [6.45, 7) is 0.276. The molecular formula is C11H10BrF2NO2. The van der Waals surface area contributed by atoms with Gasteiger partial charge in [0.25, 0.3) is 5.91 Å². The highest BCUT2D eigenvalue weighted by atomic mass is 79.9. The second-order valence-corrected chi connectivity index (χ2v) is 4.84. The van der Waals surface area contributed by atoms with Crippen molar-refractivity contribution in [1.29, 1.82) is 0 Å². The fraction of sp³-hybridized carbons (Fsp3) is 0.364. The number of carbonyl (C=O) groups is 1. The Labute approximate surface area is 105 Å². The van der Waals surface area contributed by atoms with Gasteiger partial charge < -0.3 is 10.5 Å². The topological polar surface area (TPSA) is 52.3 Å². The first-order chi connectivity index (χ1) is 8.00. The quantitative estimate of drug-likeness (QED) is 0.869. The van der Waals surface area contributed by atoms with Gasteiger partial charge in [-0.3, -0.25) is 4.79 Å². The first-order valence-corrected chi connectivity index (χ1v) is 5.90. The molecule has 0 spiro atoms. The van der Waals surface area contributed by atoms with Crippen LogP contribution in [0.4, 0.5) is 8.78 Å². The third kappa shape index (κ3) is 2.57. The molecule has 0 heterocycles. The third-order valence-corrected chi connectivity index (χ3v) is 3.12. The summed E-state index contributed by atoms with van der Waals surface area (Å²) < 4.78 is 31.9. The minimum atomic E-state index is -1.19. The molecule has 1 aromatic carbocycles. The highest BCUT2D eigenvalue weighted by molar-refractivity contribution is 9.10. The van der Waals surface area contributed by atoms with Gasteiger partial charge in [0.15, 0.2) is 11.6 Å². The molecule has 0 aromatic heterocycles. The minimum absolute atomic E-state index is 0.150. The smallest absolute Gasteiger partial charge is 0.252 e. The van der Waals surface area contributed by atoms with Crippen LogP contribution >= 0.6 is 15.9 Å². The van der Waals surface area contributed by atoms with Crippen molar-refractivity contribution in [3.05, 3.63) is 27.7 Å². The predicted molar refractivity (Wildman–Crippen MR) is 60.8 cm³/mol. The van der Waals surface area contributed by atoms with Crippen LogP contribution in [0.25, 0.3) is 0 Å². The van der Waals surface area contributed by atoms with Gasteiger partial charge in [0.1, 0.15) is 0 Å². The lowest BCUT2D eigenvalue weighted by atomic mass is 10.1. The van der Waals surface area contributed by atoms with E-state index in [-0.39, 0.29) is 16.6 Å². The van der Waals surface area contributed by atoms with Gasteiger partial charge in [0, 0.05) is 0 Å². The summed E-state index contributed by atoms with van der Waals surface area (Å²) in [5.74, 6) is -3.16. The zero-order valence-corrected chi connectivity index (χ0v) is 10.4. The summed E-state index contributed by atoms with van der Waals surface area (Å²) in [4.78, 5) is 11.1. The van der Waals surface area contributed by atoms with Gasteiger partial charge in [-0.2, -0.15) is 4.39 Å². The number of nitrogens with two attached hydrogens (primary N) is 1. The Hall–Kier alpha value is -1.17. The molecule has 1 aliphatic carbocycles. The van der Waals surface area contributed by atoms with E-state index >= 15 is 0 Å². The first kappa shape index (κ1) is 12.3. The molecule has 0 bridgehead atoms. The summed E-state index contributed by atoms with van der Waals surface area (Å²) in [7, 11) is 0. The van der Waals surface area contributed by atoms with E-state index in [0.29, 0.717) is 5.92 Å². The molecule has 1 amide bonds. The van der Waals surface area contributed by atoms with Crippen LogP contribution in [-0.4, -0.2) is 12.5 Å². The number of amides is 1. The summed E-state index contributed by atoms with van der Waals surface area (Å²) in [6.07, 6.45) is 2.01. The van der Waals surface area contributed by atoms with Crippen LogP contribution in [0, 0.1) is 17.6 Å². The molecule has 1 fully saturated rings. The highest BCUT2D eigenvalue weighted by Crippen LogP contribution is 2.34. The zero-order valence-electron chi connectivity index (χ0n) is 8.80. The molecule has 3 nitrogen and oxygen atoms in total. The average molecular weight is 306 g/mol. The number of primary amides is 1. The largest absolute Gasteiger partial charge is 0.489 e. The van der Waals surface area contributed by atoms with Crippen LogP contribution in [0.5, 0.6) is 5.75 Å². The molecule has 17 heavy (non-hydrogen) atoms. The van der Waals surface area contributed by atoms with Crippen molar-refractivity contribution in [1.82, 2.24) is 0 Å². The molecule has 0 aliphatic heterocycles. The molecule has 6 heteroatoms. The van der Waals surface area contributed by atoms with Crippen LogP contribution in [0.2, 0.25) is 0 Å². The molecule has 1 aliphatic rings. The fourth-order valence-corrected chi connectivity index (χ4v) is 1.79. The van der Waals surface area contributed by atoms with E-state index in [1.807, 2.05) is 0 Å². The van der Waals surface area contributed by atoms with E-state index < -0.39 is 23.3 Å². The SMILES string of the molecule is NC(=O)c1cc(Br)c(F)c(F)c1OCC1CC1. The van der Waals surface area contributed by atoms with E-state index in [2.05, 4.69) is 15.9 Å². The lowest BCUT2D eigenvalue weighted by molar-refractivity contribution is 0.0994. The minimum Gasteiger partial charge on any atom is -0.489 e. The Balaban J connectivity index is 2.37. The van der Waals surface area contributed by atoms with Crippen molar-refractivity contribution in [2.45, 2.75) is 12.8 Å². The van der Waals surface area contributed by atoms with Gasteiger partial charge in [-0.1, -0.05) is 0 Å². The van der Waals surface area contributed by atoms with E-state index in [1.165, 1.54) is 0 Å². The number of ether oxygens (including phenoxy) is 1. The maximum Gasteiger partial charge on any atom is 0.252 e. The van der Waals surface area contributed by atoms with Crippen LogP contribution in [-0.2, 0) is 0 Å². The van der Waals surface area contributed by atoms with Crippen LogP contribution in [0.15, 0.2) is 10.5 Å². The number of hydrogen-bond acceptors (Lipinski definition) is 2. The van der Waals surface area contributed by atoms with Gasteiger partial charge in [0.2, 0.25) is 5.82 Å². The van der Waals surface area contributed by atoms with Gasteiger partial charge in [-0.05, 0) is 40.8 Å². The number of hydrogen-bond donors (Lipinski definition) is 1. The Morgan fingerprint density at radius 2 is 2.12 bits per heavy atom. The summed E-state index contributed by atoms with van der Waals surface area (Å²) in [6, 6.07) is 1.13. The number of benzene rings is 1. The molecule has 0 saturated heterocycles. The second kappa shape index (κ2) is 4.60. The fourth-order valence-electron chi connectivity index (χ4n) is 1.39. The van der Waals surface area contributed by atoms with Crippen molar-refractivity contribution in [3.63, 3.8) is 0 Å². The Morgan fingerprint density at radius 1 is 1.47 bits per heavy atom. The number of halogens is 3. The number of carbonyl (C=O) groups excluding carboxylic acids is 1. The number of rotatable bonds is 4. The molecule has 2 N–H and O–H groups in total. The monoisotopic (exact) mass is 305 g/mol. The van der Waals surface area contributed by atoms with Crippen molar-refractivity contribution in [2.75, 3.05) is 6.61 Å². The van der Waals surface area contributed by atoms with Crippen LogP contribution in [0.1, 0.15) is 23.2 Å². The predicted octanol–water partition coefficient (Wildman–Crippen LogP) is 2.62. The molecule has 0 atom stereocenters. The van der Waals surface area contributed by atoms with E-state index in [0.717, 1.165) is 18.9 Å². The van der Waals surface area contributed by atoms with E-state index in [4.69, 9.17) is 10.5 Å². The molecule has 2 rings (SSSR count). The van der Waals surface area contributed by atoms with E-state index in [9.17, 15) is 13.6 Å². The molecule has 0 radical (unpaired) electrons. The van der Waals surface area contributed by atoms with Gasteiger partial charge in [-0.25, -0.2) is 4.39 Å². The van der Waals surface area contributed by atoms with Gasteiger partial charge in [-0.15, -0.1) is 0 Å². The Morgan fingerprint density at radius 3 is 2.65 bits per heavy atom. The Kier molecular flexibility index (Phi) is 3.33. The summed E-state index contributed by atoms with van der Waals surface area (Å²) in [5.41, 5.74) is 4.94. The maximum atomic E-state index is 13.6. The van der Waals surface area contributed by atoms with Crippen molar-refractivity contribution in [2.24, 2.45) is 11.7 Å². The summed E-state index contributed by atoms with van der Waals surface area (Å²) in [5, 5.41) is 0. The zero-order chi connectivity index (χ0) is 12.6.